The second-order valence-electron chi connectivity index (χ2n) is 1.09. The van der Waals surface area contributed by atoms with E-state index in [-0.39, 0.29) is 97.1 Å². The molecule has 0 heterocycles. The van der Waals surface area contributed by atoms with Crippen molar-refractivity contribution >= 4 is 91.0 Å². The van der Waals surface area contributed by atoms with Crippen molar-refractivity contribution in [3.63, 3.8) is 0 Å². The van der Waals surface area contributed by atoms with Crippen LogP contribution in [0, 0.1) is 0 Å². The Labute approximate surface area is 113 Å². The van der Waals surface area contributed by atoms with Gasteiger partial charge < -0.3 is 5.11 Å². The first-order valence-corrected chi connectivity index (χ1v) is 1.41. The second kappa shape index (κ2) is 10.8. The summed E-state index contributed by atoms with van der Waals surface area (Å²) in [5, 5.41) is 8.06. The summed E-state index contributed by atoms with van der Waals surface area (Å²) in [6, 6.07) is 0. The summed E-state index contributed by atoms with van der Waals surface area (Å²) in [7, 11) is 0. The molecule has 0 aliphatic carbocycles. The Morgan fingerprint density at radius 3 is 1.17 bits per heavy atom. The van der Waals surface area contributed by atoms with E-state index in [0.29, 0.717) is 0 Å². The first-order chi connectivity index (χ1) is 1.73. The summed E-state index contributed by atoms with van der Waals surface area (Å²) in [4.78, 5) is 0. The second-order valence-corrected chi connectivity index (χ2v) is 1.09. The molecule has 0 amide bonds. The van der Waals surface area contributed by atoms with Gasteiger partial charge >= 0.3 is 91.0 Å². The van der Waals surface area contributed by atoms with Crippen LogP contribution in [0.5, 0.6) is 0 Å². The van der Waals surface area contributed by atoms with Gasteiger partial charge in [-0.3, -0.25) is 0 Å². The zero-order chi connectivity index (χ0) is 3.58. The zero-order valence-corrected chi connectivity index (χ0v) is 3.02. The normalized spacial score (nSPS) is 6.00. The molecular weight excluding hydrogens is 227 g/mol. The van der Waals surface area contributed by atoms with Gasteiger partial charge in [-0.05, 0) is 13.8 Å². The molecule has 0 saturated carbocycles. The minimum absolute atomic E-state index is 0. The molecule has 6 heavy (non-hydrogen) atoms. The van der Waals surface area contributed by atoms with Gasteiger partial charge in [0.1, 0.15) is 0 Å². The molecule has 34 valence electrons. The molecule has 1 nitrogen and oxygen atoms in total. The molecule has 0 unspecified atom stereocenters. The fraction of sp³-hybridized carbons (Fsp3) is 1.00. The molecule has 1 N–H and O–H groups in total. The summed E-state index contributed by atoms with van der Waals surface area (Å²) in [5.74, 6) is 0. The molecule has 0 fully saturated rings. The Morgan fingerprint density at radius 2 is 1.17 bits per heavy atom. The van der Waals surface area contributed by atoms with Crippen LogP contribution in [0.4, 0.5) is 0 Å². The van der Waals surface area contributed by atoms with E-state index < -0.39 is 0 Å². The van der Waals surface area contributed by atoms with Gasteiger partial charge in [0, 0.05) is 6.10 Å². The third kappa shape index (κ3) is 28.4. The molecule has 0 aromatic carbocycles. The Morgan fingerprint density at radius 1 is 1.17 bits per heavy atom. The van der Waals surface area contributed by atoms with Crippen LogP contribution in [-0.4, -0.2) is 102 Å². The molecule has 0 rings (SSSR count). The van der Waals surface area contributed by atoms with Gasteiger partial charge in [0.2, 0.25) is 0 Å². The SMILES string of the molecule is CC(C)O.[SrH2].[SrH2]. The fourth-order valence-electron chi connectivity index (χ4n) is 0. The molecule has 0 saturated heterocycles. The Balaban J connectivity index is -0.0000000450. The number of aliphatic hydroxyl groups excluding tert-OH is 1. The van der Waals surface area contributed by atoms with E-state index in [9.17, 15) is 0 Å². The van der Waals surface area contributed by atoms with Crippen molar-refractivity contribution in [3.8, 4) is 0 Å². The molecule has 0 aromatic rings. The topological polar surface area (TPSA) is 20.2 Å². The molecule has 0 aliphatic heterocycles. The maximum absolute atomic E-state index is 8.06. The van der Waals surface area contributed by atoms with Gasteiger partial charge in [0.15, 0.2) is 0 Å². The zero-order valence-electron chi connectivity index (χ0n) is 3.02. The van der Waals surface area contributed by atoms with E-state index in [1.807, 2.05) is 0 Å². The van der Waals surface area contributed by atoms with E-state index in [4.69, 9.17) is 5.11 Å². The summed E-state index contributed by atoms with van der Waals surface area (Å²) in [6.07, 6.45) is -0.167. The van der Waals surface area contributed by atoms with Gasteiger partial charge in [-0.1, -0.05) is 0 Å². The average Bonchev–Trinajstić information content (AvgIpc) is 0.811. The molecule has 0 radical (unpaired) electrons. The molecule has 0 atom stereocenters. The standard InChI is InChI=1S/C3H8O.2Sr.4H/c1-3(2)4;;;;;;/h3-4H,1-2H3;;;;;;. The number of rotatable bonds is 0. The van der Waals surface area contributed by atoms with E-state index >= 15 is 0 Å². The van der Waals surface area contributed by atoms with E-state index in [0.717, 1.165) is 0 Å². The van der Waals surface area contributed by atoms with Crippen molar-refractivity contribution in [3.05, 3.63) is 0 Å². The molecule has 3 heteroatoms. The van der Waals surface area contributed by atoms with Crippen molar-refractivity contribution in [2.75, 3.05) is 0 Å². The van der Waals surface area contributed by atoms with Gasteiger partial charge in [-0.2, -0.15) is 0 Å². The van der Waals surface area contributed by atoms with Crippen LogP contribution < -0.4 is 0 Å². The predicted molar refractivity (Wildman–Crippen MR) is 34.4 cm³/mol. The summed E-state index contributed by atoms with van der Waals surface area (Å²) in [5.41, 5.74) is 0. The predicted octanol–water partition coefficient (Wildman–Crippen LogP) is -1.45. The van der Waals surface area contributed by atoms with Crippen molar-refractivity contribution in [1.29, 1.82) is 0 Å². The van der Waals surface area contributed by atoms with E-state index in [1.54, 1.807) is 13.8 Å². The van der Waals surface area contributed by atoms with Crippen molar-refractivity contribution in [2.45, 2.75) is 20.0 Å². The Bertz CT molecular complexity index is 13.5. The summed E-state index contributed by atoms with van der Waals surface area (Å²) < 4.78 is 0. The number of hydrogen-bond donors (Lipinski definition) is 1. The van der Waals surface area contributed by atoms with Crippen LogP contribution in [0.2, 0.25) is 0 Å². The molecule has 0 aliphatic rings. The third-order valence-electron chi connectivity index (χ3n) is 0. The summed E-state index contributed by atoms with van der Waals surface area (Å²) >= 11 is 0. The van der Waals surface area contributed by atoms with Gasteiger partial charge in [-0.15, -0.1) is 0 Å². The van der Waals surface area contributed by atoms with Crippen LogP contribution >= 0.6 is 0 Å². The Hall–Kier alpha value is 2.92. The van der Waals surface area contributed by atoms with Crippen molar-refractivity contribution in [1.82, 2.24) is 0 Å². The van der Waals surface area contributed by atoms with Crippen LogP contribution in [-0.2, 0) is 0 Å². The maximum atomic E-state index is 8.06. The van der Waals surface area contributed by atoms with Crippen LogP contribution in [0.1, 0.15) is 13.8 Å². The summed E-state index contributed by atoms with van der Waals surface area (Å²) in [6.45, 7) is 3.44. The van der Waals surface area contributed by atoms with Crippen LogP contribution in [0.3, 0.4) is 0 Å². The Kier molecular flexibility index (Phi) is 28.8. The van der Waals surface area contributed by atoms with Crippen molar-refractivity contribution < 1.29 is 5.11 Å². The van der Waals surface area contributed by atoms with Gasteiger partial charge in [0.05, 0.1) is 0 Å². The molecule has 0 aromatic heterocycles. The van der Waals surface area contributed by atoms with Crippen LogP contribution in [0.25, 0.3) is 0 Å². The quantitative estimate of drug-likeness (QED) is 0.513. The fourth-order valence-corrected chi connectivity index (χ4v) is 0. The van der Waals surface area contributed by atoms with E-state index in [1.165, 1.54) is 0 Å². The monoisotopic (exact) mass is 240 g/mol. The third-order valence-corrected chi connectivity index (χ3v) is 0. The van der Waals surface area contributed by atoms with E-state index in [2.05, 4.69) is 0 Å². The first kappa shape index (κ1) is 16.0. The number of hydrogen-bond acceptors (Lipinski definition) is 1. The van der Waals surface area contributed by atoms with Crippen LogP contribution in [0.15, 0.2) is 0 Å². The van der Waals surface area contributed by atoms with Crippen molar-refractivity contribution in [2.24, 2.45) is 0 Å². The minimum atomic E-state index is -0.167. The number of aliphatic hydroxyl groups is 1. The molecule has 0 spiro atoms. The average molecular weight is 239 g/mol. The van der Waals surface area contributed by atoms with Gasteiger partial charge in [-0.25, -0.2) is 0 Å². The molecule has 0 bridgehead atoms. The first-order valence-electron chi connectivity index (χ1n) is 1.41. The molecular formula is C3H12OSr2. The van der Waals surface area contributed by atoms with Gasteiger partial charge in [0.25, 0.3) is 0 Å².